The van der Waals surface area contributed by atoms with Gasteiger partial charge in [0.05, 0.1) is 5.69 Å². The third-order valence-corrected chi connectivity index (χ3v) is 2.93. The third kappa shape index (κ3) is 2.18. The van der Waals surface area contributed by atoms with Crippen LogP contribution >= 0.6 is 0 Å². The van der Waals surface area contributed by atoms with Gasteiger partial charge in [-0.15, -0.1) is 0 Å². The Labute approximate surface area is 110 Å². The van der Waals surface area contributed by atoms with E-state index in [1.54, 1.807) is 12.4 Å². The van der Waals surface area contributed by atoms with Gasteiger partial charge in [-0.05, 0) is 5.56 Å². The highest BCUT2D eigenvalue weighted by Crippen LogP contribution is 2.13. The Kier molecular flexibility index (Phi) is 2.72. The summed E-state index contributed by atoms with van der Waals surface area (Å²) in [6, 6.07) is 10.1. The van der Waals surface area contributed by atoms with Crippen LogP contribution in [0.5, 0.6) is 0 Å². The first-order valence-corrected chi connectivity index (χ1v) is 5.95. The number of nitrogen functional groups attached to an aromatic ring is 1. The van der Waals surface area contributed by atoms with Gasteiger partial charge in [-0.3, -0.25) is 5.41 Å². The summed E-state index contributed by atoms with van der Waals surface area (Å²) < 4.78 is 1.85. The zero-order chi connectivity index (χ0) is 13.2. The number of hydrogen-bond donors (Lipinski definition) is 2. The SMILES string of the molecule is N=C(N)c1cn2ccnc2c(Cc2ccccc2)n1. The number of fused-ring (bicyclic) bond motifs is 1. The molecule has 0 fully saturated rings. The molecule has 2 heterocycles. The van der Waals surface area contributed by atoms with Gasteiger partial charge in [-0.2, -0.15) is 0 Å². The first-order valence-electron chi connectivity index (χ1n) is 5.95. The van der Waals surface area contributed by atoms with Crippen LogP contribution in [0.3, 0.4) is 0 Å². The van der Waals surface area contributed by atoms with Crippen LogP contribution < -0.4 is 5.73 Å². The largest absolute Gasteiger partial charge is 0.382 e. The quantitative estimate of drug-likeness (QED) is 0.548. The Morgan fingerprint density at radius 1 is 1.26 bits per heavy atom. The van der Waals surface area contributed by atoms with E-state index < -0.39 is 0 Å². The van der Waals surface area contributed by atoms with E-state index in [-0.39, 0.29) is 5.84 Å². The maximum atomic E-state index is 7.52. The fourth-order valence-corrected chi connectivity index (χ4v) is 2.03. The van der Waals surface area contributed by atoms with E-state index in [1.807, 2.05) is 40.9 Å². The van der Waals surface area contributed by atoms with Gasteiger partial charge in [0, 0.05) is 25.0 Å². The monoisotopic (exact) mass is 251 g/mol. The number of aromatic nitrogens is 3. The van der Waals surface area contributed by atoms with Gasteiger partial charge in [0.1, 0.15) is 11.5 Å². The van der Waals surface area contributed by atoms with Crippen molar-refractivity contribution in [2.75, 3.05) is 0 Å². The van der Waals surface area contributed by atoms with Crippen molar-refractivity contribution in [1.29, 1.82) is 5.41 Å². The van der Waals surface area contributed by atoms with Crippen molar-refractivity contribution < 1.29 is 0 Å². The predicted molar refractivity (Wildman–Crippen MR) is 73.3 cm³/mol. The maximum absolute atomic E-state index is 7.52. The number of nitrogens with one attached hydrogen (secondary N) is 1. The van der Waals surface area contributed by atoms with E-state index in [0.29, 0.717) is 12.1 Å². The number of benzene rings is 1. The van der Waals surface area contributed by atoms with Gasteiger partial charge in [-0.1, -0.05) is 30.3 Å². The second-order valence-electron chi connectivity index (χ2n) is 4.31. The minimum absolute atomic E-state index is 0.0371. The molecule has 0 saturated carbocycles. The average Bonchev–Trinajstić information content (AvgIpc) is 2.88. The van der Waals surface area contributed by atoms with Crippen LogP contribution in [0.4, 0.5) is 0 Å². The van der Waals surface area contributed by atoms with Crippen molar-refractivity contribution in [3.8, 4) is 0 Å². The lowest BCUT2D eigenvalue weighted by Gasteiger charge is -2.06. The highest BCUT2D eigenvalue weighted by Gasteiger charge is 2.09. The van der Waals surface area contributed by atoms with Crippen LogP contribution in [0.2, 0.25) is 0 Å². The molecule has 0 bridgehead atoms. The molecule has 1 aromatic carbocycles. The summed E-state index contributed by atoms with van der Waals surface area (Å²) >= 11 is 0. The minimum Gasteiger partial charge on any atom is -0.382 e. The standard InChI is InChI=1S/C14H13N5/c15-13(16)12-9-19-7-6-17-14(19)11(18-12)8-10-4-2-1-3-5-10/h1-7,9H,8H2,(H3,15,16). The van der Waals surface area contributed by atoms with E-state index in [2.05, 4.69) is 9.97 Å². The van der Waals surface area contributed by atoms with E-state index in [0.717, 1.165) is 16.9 Å². The Hall–Kier alpha value is -2.69. The summed E-state index contributed by atoms with van der Waals surface area (Å²) in [5, 5.41) is 7.52. The van der Waals surface area contributed by atoms with Crippen molar-refractivity contribution in [3.63, 3.8) is 0 Å². The van der Waals surface area contributed by atoms with Gasteiger partial charge in [-0.25, -0.2) is 9.97 Å². The molecule has 5 nitrogen and oxygen atoms in total. The molecule has 0 atom stereocenters. The topological polar surface area (TPSA) is 80.1 Å². The molecule has 0 amide bonds. The van der Waals surface area contributed by atoms with E-state index in [9.17, 15) is 0 Å². The molecule has 94 valence electrons. The van der Waals surface area contributed by atoms with Crippen molar-refractivity contribution in [2.24, 2.45) is 5.73 Å². The molecule has 0 spiro atoms. The normalized spacial score (nSPS) is 10.7. The minimum atomic E-state index is -0.0371. The Morgan fingerprint density at radius 2 is 2.05 bits per heavy atom. The molecule has 0 radical (unpaired) electrons. The lowest BCUT2D eigenvalue weighted by Crippen LogP contribution is -2.15. The molecule has 3 rings (SSSR count). The van der Waals surface area contributed by atoms with Crippen LogP contribution in [-0.4, -0.2) is 20.2 Å². The lowest BCUT2D eigenvalue weighted by atomic mass is 10.1. The molecule has 0 unspecified atom stereocenters. The fourth-order valence-electron chi connectivity index (χ4n) is 2.03. The highest BCUT2D eigenvalue weighted by atomic mass is 15.0. The van der Waals surface area contributed by atoms with Gasteiger partial charge in [0.25, 0.3) is 0 Å². The summed E-state index contributed by atoms with van der Waals surface area (Å²) in [7, 11) is 0. The first-order chi connectivity index (χ1) is 9.24. The molecule has 3 N–H and O–H groups in total. The molecular weight excluding hydrogens is 238 g/mol. The number of amidine groups is 1. The Balaban J connectivity index is 2.11. The van der Waals surface area contributed by atoms with Crippen LogP contribution in [0.25, 0.3) is 5.65 Å². The molecule has 0 aliphatic rings. The molecule has 19 heavy (non-hydrogen) atoms. The Bertz CT molecular complexity index is 730. The second kappa shape index (κ2) is 4.53. The van der Waals surface area contributed by atoms with Gasteiger partial charge in [0.15, 0.2) is 5.65 Å². The third-order valence-electron chi connectivity index (χ3n) is 2.93. The number of rotatable bonds is 3. The number of imidazole rings is 1. The van der Waals surface area contributed by atoms with Crippen LogP contribution in [0.1, 0.15) is 17.0 Å². The van der Waals surface area contributed by atoms with Crippen LogP contribution in [-0.2, 0) is 6.42 Å². The number of nitrogens with two attached hydrogens (primary N) is 1. The summed E-state index contributed by atoms with van der Waals surface area (Å²) in [5.41, 5.74) is 8.77. The van der Waals surface area contributed by atoms with Gasteiger partial charge in [0.2, 0.25) is 0 Å². The van der Waals surface area contributed by atoms with E-state index in [1.165, 1.54) is 0 Å². The molecule has 0 aliphatic heterocycles. The maximum Gasteiger partial charge on any atom is 0.158 e. The molecule has 5 heteroatoms. The second-order valence-corrected chi connectivity index (χ2v) is 4.31. The van der Waals surface area contributed by atoms with Crippen molar-refractivity contribution >= 4 is 11.5 Å². The number of hydrogen-bond acceptors (Lipinski definition) is 3. The fraction of sp³-hybridized carbons (Fsp3) is 0.0714. The van der Waals surface area contributed by atoms with Crippen LogP contribution in [0.15, 0.2) is 48.9 Å². The number of nitrogens with zero attached hydrogens (tertiary/aromatic N) is 3. The van der Waals surface area contributed by atoms with Crippen molar-refractivity contribution in [2.45, 2.75) is 6.42 Å². The van der Waals surface area contributed by atoms with Crippen molar-refractivity contribution in [1.82, 2.24) is 14.4 Å². The zero-order valence-electron chi connectivity index (χ0n) is 10.2. The molecular formula is C14H13N5. The Morgan fingerprint density at radius 3 is 2.79 bits per heavy atom. The van der Waals surface area contributed by atoms with E-state index in [4.69, 9.17) is 11.1 Å². The summed E-state index contributed by atoms with van der Waals surface area (Å²) in [6.07, 6.45) is 5.94. The smallest absolute Gasteiger partial charge is 0.158 e. The predicted octanol–water partition coefficient (Wildman–Crippen LogP) is 1.60. The van der Waals surface area contributed by atoms with Gasteiger partial charge >= 0.3 is 0 Å². The zero-order valence-corrected chi connectivity index (χ0v) is 10.2. The summed E-state index contributed by atoms with van der Waals surface area (Å²) in [4.78, 5) is 8.74. The molecule has 0 aliphatic carbocycles. The lowest BCUT2D eigenvalue weighted by molar-refractivity contribution is 1.00. The summed E-state index contributed by atoms with van der Waals surface area (Å²) in [5.74, 6) is -0.0371. The summed E-state index contributed by atoms with van der Waals surface area (Å²) in [6.45, 7) is 0. The first kappa shape index (κ1) is 11.4. The molecule has 0 saturated heterocycles. The average molecular weight is 251 g/mol. The van der Waals surface area contributed by atoms with Gasteiger partial charge < -0.3 is 10.1 Å². The molecule has 2 aromatic heterocycles. The van der Waals surface area contributed by atoms with Crippen molar-refractivity contribution in [3.05, 3.63) is 65.9 Å². The van der Waals surface area contributed by atoms with Crippen LogP contribution in [0, 0.1) is 5.41 Å². The molecule has 3 aromatic rings. The highest BCUT2D eigenvalue weighted by molar-refractivity contribution is 5.93. The van der Waals surface area contributed by atoms with E-state index >= 15 is 0 Å².